The third-order valence-corrected chi connectivity index (χ3v) is 3.18. The molecule has 1 heterocycles. The fourth-order valence-corrected chi connectivity index (χ4v) is 2.19. The van der Waals surface area contributed by atoms with Gasteiger partial charge in [-0.25, -0.2) is 0 Å². The van der Waals surface area contributed by atoms with E-state index in [1.807, 2.05) is 0 Å². The summed E-state index contributed by atoms with van der Waals surface area (Å²) in [5.41, 5.74) is 0.870. The summed E-state index contributed by atoms with van der Waals surface area (Å²) in [5, 5.41) is 13.5. The topological polar surface area (TPSA) is 82.4 Å². The quantitative estimate of drug-likeness (QED) is 0.919. The molecule has 0 aliphatic rings. The maximum atomic E-state index is 12.3. The zero-order chi connectivity index (χ0) is 16.3. The Morgan fingerprint density at radius 1 is 1.27 bits per heavy atom. The summed E-state index contributed by atoms with van der Waals surface area (Å²) in [6, 6.07) is 7.67. The normalized spacial score (nSPS) is 10.7. The first-order valence-electron chi connectivity index (χ1n) is 7.09. The Hall–Kier alpha value is -2.56. The molecule has 22 heavy (non-hydrogen) atoms. The summed E-state index contributed by atoms with van der Waals surface area (Å²) in [7, 11) is 0. The number of hydrogen-bond donors (Lipinski definition) is 1. The molecule has 2 rings (SSSR count). The van der Waals surface area contributed by atoms with Crippen LogP contribution in [0.5, 0.6) is 0 Å². The molecule has 0 bridgehead atoms. The van der Waals surface area contributed by atoms with Gasteiger partial charge in [0.15, 0.2) is 0 Å². The van der Waals surface area contributed by atoms with Crippen LogP contribution in [0, 0.1) is 12.8 Å². The number of aromatic carboxylic acids is 1. The smallest absolute Gasteiger partial charge is 0.259 e. The molecule has 1 aromatic carbocycles. The van der Waals surface area contributed by atoms with Crippen molar-refractivity contribution >= 4 is 17.6 Å². The predicted molar refractivity (Wildman–Crippen MR) is 80.7 cm³/mol. The van der Waals surface area contributed by atoms with E-state index < -0.39 is 5.97 Å². The lowest BCUT2D eigenvalue weighted by molar-refractivity contribution is -0.255. The Morgan fingerprint density at radius 2 is 2.00 bits per heavy atom. The van der Waals surface area contributed by atoms with Crippen molar-refractivity contribution in [3.63, 3.8) is 0 Å². The van der Waals surface area contributed by atoms with Crippen LogP contribution in [0.4, 0.5) is 5.69 Å². The van der Waals surface area contributed by atoms with Gasteiger partial charge in [0.2, 0.25) is 0 Å². The molecule has 0 fully saturated rings. The number of benzene rings is 1. The van der Waals surface area contributed by atoms with Gasteiger partial charge in [-0.15, -0.1) is 0 Å². The van der Waals surface area contributed by atoms with E-state index in [-0.39, 0.29) is 11.5 Å². The lowest BCUT2D eigenvalue weighted by atomic mass is 10.1. The highest BCUT2D eigenvalue weighted by atomic mass is 16.4. The van der Waals surface area contributed by atoms with Gasteiger partial charge in [0.1, 0.15) is 11.5 Å². The molecule has 1 amide bonds. The second-order valence-corrected chi connectivity index (χ2v) is 5.60. The molecule has 0 spiro atoms. The van der Waals surface area contributed by atoms with Gasteiger partial charge in [0, 0.05) is 12.1 Å². The number of aryl methyl sites for hydroxylation is 1. The van der Waals surface area contributed by atoms with E-state index in [1.54, 1.807) is 25.1 Å². The molecule has 5 nitrogen and oxygen atoms in total. The predicted octanol–water partition coefficient (Wildman–Crippen LogP) is 2.40. The molecule has 5 heteroatoms. The standard InChI is InChI=1S/C17H19NO4/c1-10(2)7-14-9-15(11(3)22-14)16(19)18-13-6-4-5-12(8-13)17(20)21/h4-6,8-10H,7H2,1-3H3,(H,18,19)(H,20,21)/p-1. The van der Waals surface area contributed by atoms with Crippen LogP contribution in [-0.2, 0) is 6.42 Å². The molecule has 1 aromatic heterocycles. The number of rotatable bonds is 5. The highest BCUT2D eigenvalue weighted by Crippen LogP contribution is 2.19. The van der Waals surface area contributed by atoms with E-state index in [2.05, 4.69) is 19.2 Å². The van der Waals surface area contributed by atoms with Gasteiger partial charge < -0.3 is 19.6 Å². The molecular weight excluding hydrogens is 282 g/mol. The number of carbonyl (C=O) groups is 2. The van der Waals surface area contributed by atoms with Crippen LogP contribution in [0.15, 0.2) is 34.7 Å². The Labute approximate surface area is 129 Å². The second kappa shape index (κ2) is 6.47. The third-order valence-electron chi connectivity index (χ3n) is 3.18. The van der Waals surface area contributed by atoms with E-state index in [9.17, 15) is 14.7 Å². The van der Waals surface area contributed by atoms with Crippen LogP contribution in [0.3, 0.4) is 0 Å². The lowest BCUT2D eigenvalue weighted by Crippen LogP contribution is -2.22. The molecule has 0 unspecified atom stereocenters. The van der Waals surface area contributed by atoms with Crippen molar-refractivity contribution < 1.29 is 19.1 Å². The number of carbonyl (C=O) groups excluding carboxylic acids is 2. The number of furan rings is 1. The highest BCUT2D eigenvalue weighted by molar-refractivity contribution is 6.05. The first-order valence-corrected chi connectivity index (χ1v) is 7.09. The van der Waals surface area contributed by atoms with Gasteiger partial charge >= 0.3 is 0 Å². The molecule has 2 aromatic rings. The van der Waals surface area contributed by atoms with Gasteiger partial charge in [-0.05, 0) is 36.6 Å². The zero-order valence-electron chi connectivity index (χ0n) is 12.8. The largest absolute Gasteiger partial charge is 0.545 e. The minimum Gasteiger partial charge on any atom is -0.545 e. The van der Waals surface area contributed by atoms with Crippen LogP contribution in [0.1, 0.15) is 46.1 Å². The number of anilines is 1. The number of carboxylic acid groups (broad SMARTS) is 1. The van der Waals surface area contributed by atoms with Crippen molar-refractivity contribution in [3.05, 3.63) is 53.0 Å². The van der Waals surface area contributed by atoms with Crippen molar-refractivity contribution in [2.75, 3.05) is 5.32 Å². The summed E-state index contributed by atoms with van der Waals surface area (Å²) < 4.78 is 5.58. The molecule has 0 aliphatic heterocycles. The van der Waals surface area contributed by atoms with E-state index >= 15 is 0 Å². The van der Waals surface area contributed by atoms with Gasteiger partial charge in [-0.2, -0.15) is 0 Å². The van der Waals surface area contributed by atoms with Crippen LogP contribution in [0.25, 0.3) is 0 Å². The number of carboxylic acids is 1. The van der Waals surface area contributed by atoms with Crippen LogP contribution >= 0.6 is 0 Å². The van der Waals surface area contributed by atoms with Gasteiger partial charge in [0.05, 0.1) is 11.5 Å². The van der Waals surface area contributed by atoms with Crippen LogP contribution in [-0.4, -0.2) is 11.9 Å². The van der Waals surface area contributed by atoms with E-state index in [4.69, 9.17) is 4.42 Å². The summed E-state index contributed by atoms with van der Waals surface area (Å²) >= 11 is 0. The first-order chi connectivity index (χ1) is 10.4. The van der Waals surface area contributed by atoms with Crippen molar-refractivity contribution in [2.45, 2.75) is 27.2 Å². The molecular formula is C17H18NO4-. The lowest BCUT2D eigenvalue weighted by Gasteiger charge is -2.07. The van der Waals surface area contributed by atoms with Gasteiger partial charge in [-0.3, -0.25) is 4.79 Å². The Balaban J connectivity index is 2.17. The summed E-state index contributed by atoms with van der Waals surface area (Å²) in [4.78, 5) is 23.1. The maximum Gasteiger partial charge on any atom is 0.259 e. The average Bonchev–Trinajstić information content (AvgIpc) is 2.79. The number of hydrogen-bond acceptors (Lipinski definition) is 4. The van der Waals surface area contributed by atoms with E-state index in [0.29, 0.717) is 22.9 Å². The SMILES string of the molecule is Cc1oc(CC(C)C)cc1C(=O)Nc1cccc(C(=O)[O-])c1. The minimum absolute atomic E-state index is 0.0159. The second-order valence-electron chi connectivity index (χ2n) is 5.60. The molecule has 0 saturated carbocycles. The molecule has 0 atom stereocenters. The Morgan fingerprint density at radius 3 is 2.64 bits per heavy atom. The maximum absolute atomic E-state index is 12.3. The summed E-state index contributed by atoms with van der Waals surface area (Å²) in [5.74, 6) is 0.133. The first kappa shape index (κ1) is 15.8. The monoisotopic (exact) mass is 300 g/mol. The van der Waals surface area contributed by atoms with E-state index in [0.717, 1.165) is 12.2 Å². The molecule has 0 aliphatic carbocycles. The minimum atomic E-state index is -1.28. The molecule has 0 saturated heterocycles. The van der Waals surface area contributed by atoms with Gasteiger partial charge in [0.25, 0.3) is 5.91 Å². The fraction of sp³-hybridized carbons (Fsp3) is 0.294. The third kappa shape index (κ3) is 3.75. The van der Waals surface area contributed by atoms with Crippen molar-refractivity contribution in [1.82, 2.24) is 0 Å². The van der Waals surface area contributed by atoms with Crippen molar-refractivity contribution in [2.24, 2.45) is 5.92 Å². The summed E-state index contributed by atoms with van der Waals surface area (Å²) in [6.45, 7) is 5.88. The fourth-order valence-electron chi connectivity index (χ4n) is 2.19. The summed E-state index contributed by atoms with van der Waals surface area (Å²) in [6.07, 6.45) is 0.758. The van der Waals surface area contributed by atoms with Crippen molar-refractivity contribution in [1.29, 1.82) is 0 Å². The van der Waals surface area contributed by atoms with E-state index in [1.165, 1.54) is 12.1 Å². The van der Waals surface area contributed by atoms with Crippen molar-refractivity contribution in [3.8, 4) is 0 Å². The molecule has 1 N–H and O–H groups in total. The average molecular weight is 300 g/mol. The Kier molecular flexibility index (Phi) is 4.65. The van der Waals surface area contributed by atoms with Gasteiger partial charge in [-0.1, -0.05) is 26.0 Å². The van der Waals surface area contributed by atoms with Crippen LogP contribution in [0.2, 0.25) is 0 Å². The molecule has 0 radical (unpaired) electrons. The van der Waals surface area contributed by atoms with Crippen LogP contribution < -0.4 is 10.4 Å². The zero-order valence-corrected chi connectivity index (χ0v) is 12.8. The highest BCUT2D eigenvalue weighted by Gasteiger charge is 2.16. The number of amides is 1. The number of nitrogens with one attached hydrogen (secondary N) is 1. The Bertz CT molecular complexity index is 700. The molecule has 116 valence electrons.